The third kappa shape index (κ3) is 2.92. The number of nitrogens with one attached hydrogen (secondary N) is 1. The minimum absolute atomic E-state index is 0.107. The van der Waals surface area contributed by atoms with Gasteiger partial charge in [-0.2, -0.15) is 5.10 Å². The van der Waals surface area contributed by atoms with Crippen LogP contribution in [0.3, 0.4) is 0 Å². The zero-order chi connectivity index (χ0) is 17.6. The average molecular weight is 342 g/mol. The van der Waals surface area contributed by atoms with Gasteiger partial charge >= 0.3 is 0 Å². The van der Waals surface area contributed by atoms with Gasteiger partial charge in [-0.1, -0.05) is 0 Å². The fourth-order valence-corrected chi connectivity index (χ4v) is 3.64. The molecule has 25 heavy (non-hydrogen) atoms. The van der Waals surface area contributed by atoms with Gasteiger partial charge in [-0.3, -0.25) is 14.3 Å². The third-order valence-corrected chi connectivity index (χ3v) is 5.00. The van der Waals surface area contributed by atoms with E-state index in [0.717, 1.165) is 18.7 Å². The van der Waals surface area contributed by atoms with E-state index >= 15 is 0 Å². The number of piperidine rings is 1. The molecule has 2 aliphatic rings. The Balaban J connectivity index is 1.65. The summed E-state index contributed by atoms with van der Waals surface area (Å²) in [7, 11) is 3.71. The molecular formula is C17H22N6O2. The lowest BCUT2D eigenvalue weighted by molar-refractivity contribution is -0.143. The molecule has 0 spiro atoms. The summed E-state index contributed by atoms with van der Waals surface area (Å²) in [5.74, 6) is 0.978. The minimum Gasteiger partial charge on any atom is -0.336 e. The number of imidazole rings is 1. The number of rotatable bonds is 4. The highest BCUT2D eigenvalue weighted by Gasteiger charge is 2.48. The highest BCUT2D eigenvalue weighted by atomic mass is 16.2. The molecule has 3 heterocycles. The number of amides is 2. The summed E-state index contributed by atoms with van der Waals surface area (Å²) >= 11 is 0. The number of aromatic nitrogens is 4. The molecule has 1 saturated heterocycles. The Bertz CT molecular complexity index is 806. The van der Waals surface area contributed by atoms with E-state index in [0.29, 0.717) is 18.7 Å². The van der Waals surface area contributed by atoms with Crippen molar-refractivity contribution >= 4 is 17.6 Å². The number of hydrogen-bond acceptors (Lipinski definition) is 4. The molecule has 4 rings (SSSR count). The Morgan fingerprint density at radius 3 is 2.64 bits per heavy atom. The molecule has 2 aromatic heterocycles. The number of hydrogen-bond donors (Lipinski definition) is 1. The van der Waals surface area contributed by atoms with Crippen LogP contribution in [0.2, 0.25) is 0 Å². The quantitative estimate of drug-likeness (QED) is 0.906. The van der Waals surface area contributed by atoms with Crippen LogP contribution >= 0.6 is 0 Å². The monoisotopic (exact) mass is 342 g/mol. The highest BCUT2D eigenvalue weighted by Crippen LogP contribution is 2.43. The number of likely N-dealkylation sites (tertiary alicyclic amines) is 1. The van der Waals surface area contributed by atoms with Crippen molar-refractivity contribution < 1.29 is 9.59 Å². The summed E-state index contributed by atoms with van der Waals surface area (Å²) in [6.07, 6.45) is 8.28. The van der Waals surface area contributed by atoms with Crippen LogP contribution in [0.4, 0.5) is 5.82 Å². The number of nitrogens with zero attached hydrogens (tertiary/aromatic N) is 5. The second-order valence-electron chi connectivity index (χ2n) is 6.88. The van der Waals surface area contributed by atoms with Crippen LogP contribution in [0.1, 0.15) is 37.5 Å². The zero-order valence-corrected chi connectivity index (χ0v) is 14.4. The van der Waals surface area contributed by atoms with Crippen molar-refractivity contribution in [3.63, 3.8) is 0 Å². The zero-order valence-electron chi connectivity index (χ0n) is 14.4. The van der Waals surface area contributed by atoms with Crippen molar-refractivity contribution in [3.8, 4) is 0 Å². The Morgan fingerprint density at radius 1 is 1.24 bits per heavy atom. The van der Waals surface area contributed by atoms with Crippen molar-refractivity contribution in [2.24, 2.45) is 20.0 Å². The molecular weight excluding hydrogens is 320 g/mol. The smallest absolute Gasteiger partial charge is 0.231 e. The maximum absolute atomic E-state index is 13.0. The minimum atomic E-state index is -0.332. The van der Waals surface area contributed by atoms with E-state index in [1.54, 1.807) is 30.2 Å². The van der Waals surface area contributed by atoms with Crippen LogP contribution in [-0.4, -0.2) is 42.1 Å². The molecule has 8 nitrogen and oxygen atoms in total. The first-order valence-corrected chi connectivity index (χ1v) is 8.63. The lowest BCUT2D eigenvalue weighted by Crippen LogP contribution is -2.48. The van der Waals surface area contributed by atoms with Gasteiger partial charge in [0.15, 0.2) is 5.82 Å². The Kier molecular flexibility index (Phi) is 3.82. The van der Waals surface area contributed by atoms with Crippen molar-refractivity contribution in [2.45, 2.75) is 37.8 Å². The SMILES string of the molecule is Cn1ccc(NC(=O)[C@H]2CCC(=O)N(C3CC3)[C@@H]2c2nccn2C)n1. The van der Waals surface area contributed by atoms with Crippen LogP contribution in [0.25, 0.3) is 0 Å². The van der Waals surface area contributed by atoms with Gasteiger partial charge in [-0.05, 0) is 19.3 Å². The van der Waals surface area contributed by atoms with Gasteiger partial charge in [0.2, 0.25) is 11.8 Å². The molecule has 1 aliphatic heterocycles. The van der Waals surface area contributed by atoms with E-state index in [2.05, 4.69) is 15.4 Å². The molecule has 0 bridgehead atoms. The molecule has 2 aromatic rings. The molecule has 1 N–H and O–H groups in total. The van der Waals surface area contributed by atoms with Crippen LogP contribution in [0.15, 0.2) is 24.7 Å². The van der Waals surface area contributed by atoms with Crippen molar-refractivity contribution in [2.75, 3.05) is 5.32 Å². The van der Waals surface area contributed by atoms with Gasteiger partial charge in [-0.25, -0.2) is 4.98 Å². The van der Waals surface area contributed by atoms with E-state index in [4.69, 9.17) is 0 Å². The Morgan fingerprint density at radius 2 is 2.04 bits per heavy atom. The first kappa shape index (κ1) is 15.9. The summed E-state index contributed by atoms with van der Waals surface area (Å²) < 4.78 is 3.55. The van der Waals surface area contributed by atoms with Crippen molar-refractivity contribution in [1.29, 1.82) is 0 Å². The van der Waals surface area contributed by atoms with Crippen LogP contribution in [0, 0.1) is 5.92 Å². The summed E-state index contributed by atoms with van der Waals surface area (Å²) in [6, 6.07) is 1.68. The fourth-order valence-electron chi connectivity index (χ4n) is 3.64. The summed E-state index contributed by atoms with van der Waals surface area (Å²) in [5, 5.41) is 7.11. The fraction of sp³-hybridized carbons (Fsp3) is 0.529. The summed E-state index contributed by atoms with van der Waals surface area (Å²) in [4.78, 5) is 31.9. The molecule has 0 radical (unpaired) electrons. The van der Waals surface area contributed by atoms with Gasteiger partial charge in [0.05, 0.1) is 5.92 Å². The molecule has 2 fully saturated rings. The Hall–Kier alpha value is -2.64. The van der Waals surface area contributed by atoms with Gasteiger partial charge < -0.3 is 14.8 Å². The predicted molar refractivity (Wildman–Crippen MR) is 90.4 cm³/mol. The standard InChI is InChI=1S/C17H22N6O2/c1-21-10-8-18-16(21)15-12(5-6-14(24)23(15)11-3-4-11)17(25)19-13-7-9-22(2)20-13/h7-12,15H,3-6H2,1-2H3,(H,19,20,25)/t12-,15-/m0/s1. The lowest BCUT2D eigenvalue weighted by atomic mass is 9.87. The van der Waals surface area contributed by atoms with Crippen molar-refractivity contribution in [3.05, 3.63) is 30.5 Å². The molecule has 2 amide bonds. The number of aryl methyl sites for hydroxylation is 2. The Labute approximate surface area is 145 Å². The van der Waals surface area contributed by atoms with Crippen LogP contribution in [-0.2, 0) is 23.7 Å². The van der Waals surface area contributed by atoms with Gasteiger partial charge in [0, 0.05) is 51.2 Å². The maximum Gasteiger partial charge on any atom is 0.231 e. The highest BCUT2D eigenvalue weighted by molar-refractivity contribution is 5.94. The second kappa shape index (κ2) is 6.02. The molecule has 8 heteroatoms. The van der Waals surface area contributed by atoms with Crippen molar-refractivity contribution in [1.82, 2.24) is 24.2 Å². The number of carbonyl (C=O) groups is 2. The second-order valence-corrected chi connectivity index (χ2v) is 6.88. The maximum atomic E-state index is 13.0. The van der Waals surface area contributed by atoms with Gasteiger partial charge in [-0.15, -0.1) is 0 Å². The molecule has 1 saturated carbocycles. The van der Waals surface area contributed by atoms with E-state index in [1.165, 1.54) is 0 Å². The molecule has 2 atom stereocenters. The number of carbonyl (C=O) groups excluding carboxylic acids is 2. The van der Waals surface area contributed by atoms with Crippen LogP contribution in [0.5, 0.6) is 0 Å². The molecule has 1 aliphatic carbocycles. The topological polar surface area (TPSA) is 85.0 Å². The first-order chi connectivity index (χ1) is 12.0. The van der Waals surface area contributed by atoms with E-state index in [9.17, 15) is 9.59 Å². The van der Waals surface area contributed by atoms with Crippen LogP contribution < -0.4 is 5.32 Å². The van der Waals surface area contributed by atoms with E-state index in [-0.39, 0.29) is 29.8 Å². The van der Waals surface area contributed by atoms with Gasteiger partial charge in [0.25, 0.3) is 0 Å². The normalized spacial score (nSPS) is 23.8. The average Bonchev–Trinajstić information content (AvgIpc) is 3.20. The summed E-state index contributed by atoms with van der Waals surface area (Å²) in [6.45, 7) is 0. The lowest BCUT2D eigenvalue weighted by Gasteiger charge is -2.40. The first-order valence-electron chi connectivity index (χ1n) is 8.63. The third-order valence-electron chi connectivity index (χ3n) is 5.00. The molecule has 132 valence electrons. The largest absolute Gasteiger partial charge is 0.336 e. The van der Waals surface area contributed by atoms with Gasteiger partial charge in [0.1, 0.15) is 11.9 Å². The van der Waals surface area contributed by atoms with E-state index < -0.39 is 0 Å². The number of anilines is 1. The molecule has 0 aromatic carbocycles. The van der Waals surface area contributed by atoms with E-state index in [1.807, 2.05) is 22.7 Å². The predicted octanol–water partition coefficient (Wildman–Crippen LogP) is 1.23. The summed E-state index contributed by atoms with van der Waals surface area (Å²) in [5.41, 5.74) is 0. The molecule has 0 unspecified atom stereocenters.